The Balaban J connectivity index is 1.75. The van der Waals surface area contributed by atoms with E-state index < -0.39 is 5.91 Å². The van der Waals surface area contributed by atoms with E-state index in [4.69, 9.17) is 4.42 Å². The Bertz CT molecular complexity index is 904. The molecular weight excluding hydrogens is 539 g/mol. The number of carbonyl (C=O) groups is 1. The number of hydrogen-bond acceptors (Lipinski definition) is 3. The topological polar surface area (TPSA) is 54.6 Å². The van der Waals surface area contributed by atoms with Crippen molar-refractivity contribution in [3.05, 3.63) is 66.3 Å². The molecule has 3 rings (SSSR count). The maximum atomic E-state index is 12.1. The number of benzene rings is 2. The van der Waals surface area contributed by atoms with E-state index in [0.29, 0.717) is 5.58 Å². The van der Waals surface area contributed by atoms with Crippen LogP contribution >= 0.6 is 54.5 Å². The summed E-state index contributed by atoms with van der Waals surface area (Å²) in [6, 6.07) is 13.2. The van der Waals surface area contributed by atoms with Crippen LogP contribution in [-0.2, 0) is 0 Å². The van der Waals surface area contributed by atoms with Crippen LogP contribution in [0.3, 0.4) is 0 Å². The fourth-order valence-electron chi connectivity index (χ4n) is 1.96. The fraction of sp³-hybridized carbons (Fsp3) is 0. The average Bonchev–Trinajstić information content (AvgIpc) is 2.93. The van der Waals surface area contributed by atoms with Gasteiger partial charge in [-0.15, -0.1) is 0 Å². The van der Waals surface area contributed by atoms with Crippen LogP contribution < -0.4 is 5.43 Å². The summed E-state index contributed by atoms with van der Waals surface area (Å²) in [7, 11) is 0. The molecule has 1 N–H and O–H groups in total. The third kappa shape index (κ3) is 4.02. The second-order valence-corrected chi connectivity index (χ2v) is 7.68. The molecular formula is C16H9Br2IN2O2. The third-order valence-corrected chi connectivity index (χ3v) is 4.78. The fourth-order valence-corrected chi connectivity index (χ4v) is 3.66. The minimum Gasteiger partial charge on any atom is -0.450 e. The summed E-state index contributed by atoms with van der Waals surface area (Å²) in [6.45, 7) is 0. The number of hydrogen-bond donors (Lipinski definition) is 1. The van der Waals surface area contributed by atoms with E-state index in [1.54, 1.807) is 12.3 Å². The number of furan rings is 1. The molecule has 1 aromatic heterocycles. The Hall–Kier alpha value is -1.19. The number of rotatable bonds is 3. The molecule has 116 valence electrons. The van der Waals surface area contributed by atoms with Crippen molar-refractivity contribution in [1.29, 1.82) is 0 Å². The molecule has 0 spiro atoms. The van der Waals surface area contributed by atoms with Gasteiger partial charge in [-0.05, 0) is 74.4 Å². The number of nitrogens with zero attached hydrogens (tertiary/aromatic N) is 1. The van der Waals surface area contributed by atoms with E-state index >= 15 is 0 Å². The average molecular weight is 548 g/mol. The van der Waals surface area contributed by atoms with Gasteiger partial charge in [0.25, 0.3) is 0 Å². The SMILES string of the molecule is O=C(N/N=C\c1ccc(I)cc1)c1cc2cc(Br)cc(Br)c2o1. The van der Waals surface area contributed by atoms with Gasteiger partial charge in [0.1, 0.15) is 5.58 Å². The van der Waals surface area contributed by atoms with Crippen LogP contribution in [0.15, 0.2) is 60.9 Å². The first kappa shape index (κ1) is 16.7. The molecule has 1 heterocycles. The Morgan fingerprint density at radius 2 is 1.91 bits per heavy atom. The van der Waals surface area contributed by atoms with Crippen LogP contribution in [-0.4, -0.2) is 12.1 Å². The first-order valence-corrected chi connectivity index (χ1v) is 9.17. The standard InChI is InChI=1S/C16H9Br2IN2O2/c17-11-5-10-6-14(23-15(10)13(18)7-11)16(22)21-20-8-9-1-3-12(19)4-2-9/h1-8H,(H,21,22)/b20-8-. The largest absolute Gasteiger partial charge is 0.450 e. The van der Waals surface area contributed by atoms with E-state index in [0.717, 1.165) is 23.5 Å². The van der Waals surface area contributed by atoms with Crippen LogP contribution in [0, 0.1) is 3.57 Å². The molecule has 0 atom stereocenters. The number of halogens is 3. The van der Waals surface area contributed by atoms with Crippen LogP contribution in [0.25, 0.3) is 11.0 Å². The quantitative estimate of drug-likeness (QED) is 0.274. The van der Waals surface area contributed by atoms with Crippen LogP contribution in [0.4, 0.5) is 0 Å². The summed E-state index contributed by atoms with van der Waals surface area (Å²) in [5.74, 6) is -0.190. The first-order chi connectivity index (χ1) is 11.0. The van der Waals surface area contributed by atoms with Crippen LogP contribution in [0.2, 0.25) is 0 Å². The van der Waals surface area contributed by atoms with Gasteiger partial charge in [0.05, 0.1) is 10.7 Å². The van der Waals surface area contributed by atoms with E-state index in [1.165, 1.54) is 0 Å². The van der Waals surface area contributed by atoms with Crippen molar-refractivity contribution < 1.29 is 9.21 Å². The zero-order valence-electron chi connectivity index (χ0n) is 11.5. The van der Waals surface area contributed by atoms with Gasteiger partial charge in [-0.1, -0.05) is 28.1 Å². The molecule has 7 heteroatoms. The Kier molecular flexibility index (Phi) is 5.17. The zero-order valence-corrected chi connectivity index (χ0v) is 16.8. The van der Waals surface area contributed by atoms with Crippen molar-refractivity contribution in [2.24, 2.45) is 5.10 Å². The van der Waals surface area contributed by atoms with Gasteiger partial charge < -0.3 is 4.42 Å². The van der Waals surface area contributed by atoms with Gasteiger partial charge in [0.15, 0.2) is 5.76 Å². The zero-order chi connectivity index (χ0) is 16.4. The van der Waals surface area contributed by atoms with E-state index in [1.807, 2.05) is 36.4 Å². The van der Waals surface area contributed by atoms with Crippen molar-refractivity contribution >= 4 is 77.5 Å². The van der Waals surface area contributed by atoms with Crippen LogP contribution in [0.5, 0.6) is 0 Å². The third-order valence-electron chi connectivity index (χ3n) is 3.01. The Morgan fingerprint density at radius 3 is 2.65 bits per heavy atom. The summed E-state index contributed by atoms with van der Waals surface area (Å²) in [4.78, 5) is 12.1. The van der Waals surface area contributed by atoms with Crippen molar-refractivity contribution in [2.45, 2.75) is 0 Å². The summed E-state index contributed by atoms with van der Waals surface area (Å²) >= 11 is 9.05. The highest BCUT2D eigenvalue weighted by Crippen LogP contribution is 2.30. The lowest BCUT2D eigenvalue weighted by atomic mass is 10.2. The summed E-state index contributed by atoms with van der Waals surface area (Å²) < 4.78 is 8.41. The van der Waals surface area contributed by atoms with E-state index in [2.05, 4.69) is 65.0 Å². The highest BCUT2D eigenvalue weighted by atomic mass is 127. The predicted octanol–water partition coefficient (Wildman–Crippen LogP) is 5.33. The summed E-state index contributed by atoms with van der Waals surface area (Å²) in [6.07, 6.45) is 1.59. The number of amides is 1. The highest BCUT2D eigenvalue weighted by molar-refractivity contribution is 14.1. The van der Waals surface area contributed by atoms with Gasteiger partial charge in [0.2, 0.25) is 0 Å². The maximum Gasteiger partial charge on any atom is 0.307 e. The second-order valence-electron chi connectivity index (χ2n) is 4.67. The molecule has 1 amide bonds. The second kappa shape index (κ2) is 7.14. The molecule has 0 unspecified atom stereocenters. The smallest absolute Gasteiger partial charge is 0.307 e. The van der Waals surface area contributed by atoms with Crippen molar-refractivity contribution in [1.82, 2.24) is 5.43 Å². The number of carbonyl (C=O) groups excluding carboxylic acids is 1. The lowest BCUT2D eigenvalue weighted by Gasteiger charge is -1.96. The Morgan fingerprint density at radius 1 is 1.17 bits per heavy atom. The molecule has 0 saturated heterocycles. The lowest BCUT2D eigenvalue weighted by molar-refractivity contribution is 0.0929. The van der Waals surface area contributed by atoms with E-state index in [9.17, 15) is 4.79 Å². The normalized spacial score (nSPS) is 11.3. The van der Waals surface area contributed by atoms with Crippen molar-refractivity contribution in [2.75, 3.05) is 0 Å². The predicted molar refractivity (Wildman–Crippen MR) is 106 cm³/mol. The molecule has 0 radical (unpaired) electrons. The van der Waals surface area contributed by atoms with Gasteiger partial charge in [-0.25, -0.2) is 5.43 Å². The van der Waals surface area contributed by atoms with Crippen molar-refractivity contribution in [3.8, 4) is 0 Å². The van der Waals surface area contributed by atoms with Gasteiger partial charge in [0, 0.05) is 13.4 Å². The first-order valence-electron chi connectivity index (χ1n) is 6.50. The minimum atomic E-state index is -0.397. The number of fused-ring (bicyclic) bond motifs is 1. The molecule has 23 heavy (non-hydrogen) atoms. The van der Waals surface area contributed by atoms with Gasteiger partial charge in [-0.3, -0.25) is 4.79 Å². The van der Waals surface area contributed by atoms with Crippen molar-refractivity contribution in [3.63, 3.8) is 0 Å². The minimum absolute atomic E-state index is 0.207. The maximum absolute atomic E-state index is 12.1. The lowest BCUT2D eigenvalue weighted by Crippen LogP contribution is -2.16. The molecule has 0 aliphatic heterocycles. The molecule has 0 bridgehead atoms. The molecule has 0 saturated carbocycles. The van der Waals surface area contributed by atoms with E-state index in [-0.39, 0.29) is 5.76 Å². The summed E-state index contributed by atoms with van der Waals surface area (Å²) in [5, 5.41) is 4.78. The summed E-state index contributed by atoms with van der Waals surface area (Å²) in [5.41, 5.74) is 3.99. The molecule has 3 aromatic rings. The molecule has 2 aromatic carbocycles. The van der Waals surface area contributed by atoms with Gasteiger partial charge in [-0.2, -0.15) is 5.10 Å². The molecule has 0 fully saturated rings. The highest BCUT2D eigenvalue weighted by Gasteiger charge is 2.14. The number of nitrogens with one attached hydrogen (secondary N) is 1. The number of hydrazone groups is 1. The van der Waals surface area contributed by atoms with Gasteiger partial charge >= 0.3 is 5.91 Å². The molecule has 0 aliphatic carbocycles. The molecule has 0 aliphatic rings. The molecule has 4 nitrogen and oxygen atoms in total. The monoisotopic (exact) mass is 546 g/mol. The van der Waals surface area contributed by atoms with Crippen LogP contribution in [0.1, 0.15) is 16.1 Å². The Labute approximate surface area is 162 Å².